The molecule has 0 radical (unpaired) electrons. The van der Waals surface area contributed by atoms with Gasteiger partial charge >= 0.3 is 0 Å². The maximum atomic E-state index is 12.8. The molecule has 176 valence electrons. The highest BCUT2D eigenvalue weighted by Crippen LogP contribution is 2.24. The third-order valence-electron chi connectivity index (χ3n) is 5.06. The standard InChI is InChI=1S/C25H26N4O4S/c30-23(22-10-5-11-26-24(22)32-17-14-29-12-15-31-16-13-29)28-25(34)27-19-6-4-9-21(18-19)33-20-7-2-1-3-8-20/h1-11,18H,12-17H2,(H2,27,28,30,34). The molecule has 3 aromatic rings. The first-order valence-electron chi connectivity index (χ1n) is 11.0. The lowest BCUT2D eigenvalue weighted by Crippen LogP contribution is -2.39. The molecule has 2 heterocycles. The molecule has 0 bridgehead atoms. The third kappa shape index (κ3) is 6.98. The van der Waals surface area contributed by atoms with Gasteiger partial charge in [-0.3, -0.25) is 15.0 Å². The van der Waals surface area contributed by atoms with Gasteiger partial charge in [0.2, 0.25) is 5.88 Å². The van der Waals surface area contributed by atoms with E-state index in [4.69, 9.17) is 26.4 Å². The lowest BCUT2D eigenvalue weighted by Gasteiger charge is -2.26. The molecule has 8 nitrogen and oxygen atoms in total. The number of ether oxygens (including phenoxy) is 3. The number of pyridine rings is 1. The van der Waals surface area contributed by atoms with Crippen LogP contribution in [-0.2, 0) is 4.74 Å². The van der Waals surface area contributed by atoms with Crippen LogP contribution in [0.1, 0.15) is 10.4 Å². The topological polar surface area (TPSA) is 85.0 Å². The molecule has 0 aliphatic carbocycles. The van der Waals surface area contributed by atoms with Gasteiger partial charge < -0.3 is 19.5 Å². The predicted octanol–water partition coefficient (Wildman–Crippen LogP) is 3.71. The third-order valence-corrected chi connectivity index (χ3v) is 5.27. The molecule has 0 unspecified atom stereocenters. The van der Waals surface area contributed by atoms with Gasteiger partial charge in [0, 0.05) is 37.6 Å². The number of rotatable bonds is 8. The Kier molecular flexibility index (Phi) is 8.39. The number of benzene rings is 2. The lowest BCUT2D eigenvalue weighted by atomic mass is 10.2. The zero-order chi connectivity index (χ0) is 23.6. The maximum absolute atomic E-state index is 12.8. The molecule has 0 spiro atoms. The first-order valence-corrected chi connectivity index (χ1v) is 11.4. The Hall–Kier alpha value is -3.53. The number of aromatic nitrogens is 1. The van der Waals surface area contributed by atoms with Crippen LogP contribution < -0.4 is 20.1 Å². The van der Waals surface area contributed by atoms with E-state index in [9.17, 15) is 4.79 Å². The molecule has 1 aromatic heterocycles. The number of carbonyl (C=O) groups excluding carboxylic acids is 1. The van der Waals surface area contributed by atoms with Crippen LogP contribution in [0, 0.1) is 0 Å². The molecular formula is C25H26N4O4S. The fraction of sp³-hybridized carbons (Fsp3) is 0.240. The zero-order valence-corrected chi connectivity index (χ0v) is 19.4. The Morgan fingerprint density at radius 1 is 1.03 bits per heavy atom. The summed E-state index contributed by atoms with van der Waals surface area (Å²) in [6.07, 6.45) is 1.59. The highest BCUT2D eigenvalue weighted by molar-refractivity contribution is 7.80. The average Bonchev–Trinajstić information content (AvgIpc) is 2.86. The molecule has 1 saturated heterocycles. The molecule has 1 aliphatic rings. The van der Waals surface area contributed by atoms with Crippen LogP contribution in [-0.4, -0.2) is 60.4 Å². The highest BCUT2D eigenvalue weighted by Gasteiger charge is 2.16. The summed E-state index contributed by atoms with van der Waals surface area (Å²) in [5.74, 6) is 1.25. The number of nitrogens with zero attached hydrogens (tertiary/aromatic N) is 2. The Morgan fingerprint density at radius 3 is 2.65 bits per heavy atom. The van der Waals surface area contributed by atoms with Crippen LogP contribution in [0.15, 0.2) is 72.9 Å². The molecule has 2 N–H and O–H groups in total. The van der Waals surface area contributed by atoms with Crippen molar-refractivity contribution in [1.29, 1.82) is 0 Å². The molecule has 1 fully saturated rings. The first kappa shape index (κ1) is 23.6. The second kappa shape index (κ2) is 12.1. The summed E-state index contributed by atoms with van der Waals surface area (Å²) >= 11 is 5.34. The van der Waals surface area contributed by atoms with Gasteiger partial charge in [-0.25, -0.2) is 4.98 Å². The van der Waals surface area contributed by atoms with Crippen molar-refractivity contribution < 1.29 is 19.0 Å². The number of carbonyl (C=O) groups is 1. The number of morpholine rings is 1. The van der Waals surface area contributed by atoms with Crippen LogP contribution in [0.5, 0.6) is 17.4 Å². The summed E-state index contributed by atoms with van der Waals surface area (Å²) in [5.41, 5.74) is 1.00. The normalized spacial score (nSPS) is 13.6. The van der Waals surface area contributed by atoms with E-state index < -0.39 is 5.91 Å². The van der Waals surface area contributed by atoms with Gasteiger partial charge in [0.05, 0.1) is 13.2 Å². The molecule has 4 rings (SSSR count). The van der Waals surface area contributed by atoms with Gasteiger partial charge in [-0.2, -0.15) is 0 Å². The van der Waals surface area contributed by atoms with Crippen molar-refractivity contribution in [2.75, 3.05) is 44.8 Å². The van der Waals surface area contributed by atoms with E-state index in [1.54, 1.807) is 24.4 Å². The fourth-order valence-electron chi connectivity index (χ4n) is 3.37. The van der Waals surface area contributed by atoms with Gasteiger partial charge in [0.25, 0.3) is 5.91 Å². The van der Waals surface area contributed by atoms with E-state index in [2.05, 4.69) is 20.5 Å². The first-order chi connectivity index (χ1) is 16.7. The van der Waals surface area contributed by atoms with Crippen LogP contribution in [0.2, 0.25) is 0 Å². The predicted molar refractivity (Wildman–Crippen MR) is 134 cm³/mol. The smallest absolute Gasteiger partial charge is 0.262 e. The highest BCUT2D eigenvalue weighted by atomic mass is 32.1. The van der Waals surface area contributed by atoms with Gasteiger partial charge in [-0.1, -0.05) is 24.3 Å². The van der Waals surface area contributed by atoms with Crippen molar-refractivity contribution >= 4 is 28.9 Å². The van der Waals surface area contributed by atoms with E-state index in [1.807, 2.05) is 48.5 Å². The van der Waals surface area contributed by atoms with E-state index >= 15 is 0 Å². The summed E-state index contributed by atoms with van der Waals surface area (Å²) in [6.45, 7) is 4.36. The van der Waals surface area contributed by atoms with Gasteiger partial charge in [0.1, 0.15) is 23.7 Å². The minimum Gasteiger partial charge on any atom is -0.476 e. The SMILES string of the molecule is O=C(NC(=S)Nc1cccc(Oc2ccccc2)c1)c1cccnc1OCCN1CCOCC1. The minimum absolute atomic E-state index is 0.157. The Labute approximate surface area is 203 Å². The number of amides is 1. The van der Waals surface area contributed by atoms with Gasteiger partial charge in [-0.15, -0.1) is 0 Å². The second-order valence-electron chi connectivity index (χ2n) is 7.51. The Balaban J connectivity index is 1.31. The molecule has 1 amide bonds. The number of para-hydroxylation sites is 1. The summed E-state index contributed by atoms with van der Waals surface area (Å²) in [4.78, 5) is 19.3. The number of anilines is 1. The van der Waals surface area contributed by atoms with Crippen molar-refractivity contribution in [3.8, 4) is 17.4 Å². The minimum atomic E-state index is -0.399. The average molecular weight is 479 g/mol. The maximum Gasteiger partial charge on any atom is 0.262 e. The Morgan fingerprint density at radius 2 is 1.82 bits per heavy atom. The van der Waals surface area contributed by atoms with Crippen LogP contribution in [0.3, 0.4) is 0 Å². The second-order valence-corrected chi connectivity index (χ2v) is 7.92. The zero-order valence-electron chi connectivity index (χ0n) is 18.6. The Bertz CT molecular complexity index is 1110. The molecular weight excluding hydrogens is 452 g/mol. The van der Waals surface area contributed by atoms with Crippen molar-refractivity contribution in [3.05, 3.63) is 78.5 Å². The summed E-state index contributed by atoms with van der Waals surface area (Å²) in [7, 11) is 0. The largest absolute Gasteiger partial charge is 0.476 e. The molecule has 0 saturated carbocycles. The van der Waals surface area contributed by atoms with Crippen molar-refractivity contribution in [1.82, 2.24) is 15.2 Å². The summed E-state index contributed by atoms with van der Waals surface area (Å²) < 4.78 is 17.0. The van der Waals surface area contributed by atoms with E-state index in [0.29, 0.717) is 23.6 Å². The molecule has 34 heavy (non-hydrogen) atoms. The number of hydrogen-bond donors (Lipinski definition) is 2. The lowest BCUT2D eigenvalue weighted by molar-refractivity contribution is 0.0319. The molecule has 1 aliphatic heterocycles. The van der Waals surface area contributed by atoms with Crippen molar-refractivity contribution in [2.24, 2.45) is 0 Å². The number of thiocarbonyl (C=S) groups is 1. The molecule has 0 atom stereocenters. The van der Waals surface area contributed by atoms with Crippen LogP contribution in [0.4, 0.5) is 5.69 Å². The summed E-state index contributed by atoms with van der Waals surface area (Å²) in [6, 6.07) is 20.1. The number of hydrogen-bond acceptors (Lipinski definition) is 7. The monoisotopic (exact) mass is 478 g/mol. The quantitative estimate of drug-likeness (QED) is 0.474. The summed E-state index contributed by atoms with van der Waals surface area (Å²) in [5, 5.41) is 5.86. The van der Waals surface area contributed by atoms with E-state index in [1.165, 1.54) is 0 Å². The van der Waals surface area contributed by atoms with Gasteiger partial charge in [0.15, 0.2) is 5.11 Å². The van der Waals surface area contributed by atoms with Crippen LogP contribution in [0.25, 0.3) is 0 Å². The van der Waals surface area contributed by atoms with E-state index in [-0.39, 0.29) is 11.0 Å². The van der Waals surface area contributed by atoms with Crippen molar-refractivity contribution in [2.45, 2.75) is 0 Å². The molecule has 9 heteroatoms. The van der Waals surface area contributed by atoms with Crippen LogP contribution >= 0.6 is 12.2 Å². The fourth-order valence-corrected chi connectivity index (χ4v) is 3.58. The van der Waals surface area contributed by atoms with Crippen molar-refractivity contribution in [3.63, 3.8) is 0 Å². The van der Waals surface area contributed by atoms with Gasteiger partial charge in [-0.05, 0) is 48.6 Å². The van der Waals surface area contributed by atoms with E-state index in [0.717, 1.165) is 38.6 Å². The molecule has 2 aromatic carbocycles. The number of nitrogens with one attached hydrogen (secondary N) is 2.